The highest BCUT2D eigenvalue weighted by Gasteiger charge is 2.12. The van der Waals surface area contributed by atoms with Gasteiger partial charge in [-0.1, -0.05) is 0 Å². The van der Waals surface area contributed by atoms with E-state index >= 15 is 0 Å². The lowest BCUT2D eigenvalue weighted by atomic mass is 10.3. The molecule has 0 aromatic rings. The van der Waals surface area contributed by atoms with Gasteiger partial charge in [0.25, 0.3) is 0 Å². The maximum Gasteiger partial charge on any atom is 0.221 e. The van der Waals surface area contributed by atoms with Gasteiger partial charge in [0.15, 0.2) is 0 Å². The lowest BCUT2D eigenvalue weighted by Crippen LogP contribution is -2.42. The number of carbonyl (C=O) groups excluding carboxylic acids is 2. The first-order valence-corrected chi connectivity index (χ1v) is 7.94. The Morgan fingerprint density at radius 2 is 2.00 bits per heavy atom. The fourth-order valence-electron chi connectivity index (χ4n) is 2.33. The number of amides is 2. The maximum absolute atomic E-state index is 11.8. The lowest BCUT2D eigenvalue weighted by Gasteiger charge is -2.26. The molecule has 1 saturated heterocycles. The van der Waals surface area contributed by atoms with E-state index in [1.165, 1.54) is 6.92 Å². The fourth-order valence-corrected chi connectivity index (χ4v) is 2.33. The monoisotopic (exact) mass is 315 g/mol. The zero-order chi connectivity index (χ0) is 16.2. The van der Waals surface area contributed by atoms with Crippen LogP contribution >= 0.6 is 0 Å². The van der Waals surface area contributed by atoms with E-state index in [1.54, 1.807) is 12.0 Å². The summed E-state index contributed by atoms with van der Waals surface area (Å²) in [4.78, 5) is 27.3. The van der Waals surface area contributed by atoms with Crippen LogP contribution in [0.4, 0.5) is 0 Å². The van der Waals surface area contributed by atoms with Crippen LogP contribution in [-0.4, -0.2) is 87.8 Å². The molecule has 0 aliphatic carbocycles. The topological polar surface area (TPSA) is 71.1 Å². The van der Waals surface area contributed by atoms with Gasteiger partial charge < -0.3 is 19.7 Å². The van der Waals surface area contributed by atoms with Crippen molar-refractivity contribution in [2.75, 3.05) is 66.2 Å². The van der Waals surface area contributed by atoms with E-state index < -0.39 is 0 Å². The molecule has 0 atom stereocenters. The Balaban J connectivity index is 2.12. The minimum Gasteiger partial charge on any atom is -0.385 e. The minimum absolute atomic E-state index is 0.00257. The predicted octanol–water partition coefficient (Wildman–Crippen LogP) is -0.290. The Morgan fingerprint density at radius 3 is 2.64 bits per heavy atom. The summed E-state index contributed by atoms with van der Waals surface area (Å²) in [6.45, 7) is 8.11. The molecule has 7 nitrogen and oxygen atoms in total. The van der Waals surface area contributed by atoms with Gasteiger partial charge in [-0.3, -0.25) is 14.5 Å². The standard InChI is InChI=1S/C15H29N3O4/c1-14(19)18(6-3-11-21-2)7-4-15(20)16-5-8-17-9-12-22-13-10-17/h3-13H2,1-2H3,(H,16,20). The van der Waals surface area contributed by atoms with Gasteiger partial charge in [0.1, 0.15) is 0 Å². The second-order valence-corrected chi connectivity index (χ2v) is 5.41. The van der Waals surface area contributed by atoms with Gasteiger partial charge >= 0.3 is 0 Å². The summed E-state index contributed by atoms with van der Waals surface area (Å²) in [5, 5.41) is 2.91. The van der Waals surface area contributed by atoms with E-state index in [9.17, 15) is 9.59 Å². The quantitative estimate of drug-likeness (QED) is 0.561. The van der Waals surface area contributed by atoms with Crippen LogP contribution < -0.4 is 5.32 Å². The number of hydrogen-bond donors (Lipinski definition) is 1. The van der Waals surface area contributed by atoms with Crippen LogP contribution in [0.3, 0.4) is 0 Å². The average Bonchev–Trinajstić information content (AvgIpc) is 2.51. The molecule has 1 aliphatic heterocycles. The summed E-state index contributed by atoms with van der Waals surface area (Å²) in [5.41, 5.74) is 0. The first-order chi connectivity index (χ1) is 10.6. The molecule has 0 aromatic heterocycles. The lowest BCUT2D eigenvalue weighted by molar-refractivity contribution is -0.129. The van der Waals surface area contributed by atoms with E-state index in [0.29, 0.717) is 32.7 Å². The highest BCUT2D eigenvalue weighted by Crippen LogP contribution is 1.97. The molecule has 0 unspecified atom stereocenters. The van der Waals surface area contributed by atoms with Crippen molar-refractivity contribution in [3.05, 3.63) is 0 Å². The number of hydrogen-bond acceptors (Lipinski definition) is 5. The SMILES string of the molecule is COCCCN(CCC(=O)NCCN1CCOCC1)C(C)=O. The Morgan fingerprint density at radius 1 is 1.27 bits per heavy atom. The third-order valence-corrected chi connectivity index (χ3v) is 3.68. The molecule has 0 radical (unpaired) electrons. The molecule has 1 aliphatic rings. The summed E-state index contributed by atoms with van der Waals surface area (Å²) < 4.78 is 10.3. The van der Waals surface area contributed by atoms with Gasteiger partial charge in [-0.15, -0.1) is 0 Å². The molecule has 7 heteroatoms. The summed E-state index contributed by atoms with van der Waals surface area (Å²) in [6.07, 6.45) is 1.13. The predicted molar refractivity (Wildman–Crippen MR) is 83.6 cm³/mol. The Kier molecular flexibility index (Phi) is 9.77. The molecular formula is C15H29N3O4. The molecule has 2 amide bonds. The van der Waals surface area contributed by atoms with Gasteiger partial charge in [-0.25, -0.2) is 0 Å². The van der Waals surface area contributed by atoms with E-state index in [4.69, 9.17) is 9.47 Å². The zero-order valence-electron chi connectivity index (χ0n) is 13.8. The smallest absolute Gasteiger partial charge is 0.221 e. The average molecular weight is 315 g/mol. The molecule has 1 heterocycles. The summed E-state index contributed by atoms with van der Waals surface area (Å²) in [5.74, 6) is -0.0107. The number of nitrogens with zero attached hydrogens (tertiary/aromatic N) is 2. The van der Waals surface area contributed by atoms with Crippen molar-refractivity contribution in [1.82, 2.24) is 15.1 Å². The highest BCUT2D eigenvalue weighted by molar-refractivity contribution is 5.77. The van der Waals surface area contributed by atoms with E-state index in [1.807, 2.05) is 0 Å². The van der Waals surface area contributed by atoms with Crippen molar-refractivity contribution in [3.8, 4) is 0 Å². The van der Waals surface area contributed by atoms with Crippen molar-refractivity contribution < 1.29 is 19.1 Å². The number of nitrogens with one attached hydrogen (secondary N) is 1. The summed E-state index contributed by atoms with van der Waals surface area (Å²) in [6, 6.07) is 0. The number of ether oxygens (including phenoxy) is 2. The molecule has 1 N–H and O–H groups in total. The van der Waals surface area contributed by atoms with Crippen LogP contribution in [-0.2, 0) is 19.1 Å². The van der Waals surface area contributed by atoms with Crippen molar-refractivity contribution in [3.63, 3.8) is 0 Å². The highest BCUT2D eigenvalue weighted by atomic mass is 16.5. The van der Waals surface area contributed by atoms with E-state index in [0.717, 1.165) is 39.3 Å². The normalized spacial score (nSPS) is 15.5. The van der Waals surface area contributed by atoms with Crippen LogP contribution in [0.15, 0.2) is 0 Å². The fraction of sp³-hybridized carbons (Fsp3) is 0.867. The molecule has 0 spiro atoms. The second-order valence-electron chi connectivity index (χ2n) is 5.41. The van der Waals surface area contributed by atoms with Crippen molar-refractivity contribution in [1.29, 1.82) is 0 Å². The Hall–Kier alpha value is -1.18. The molecule has 128 valence electrons. The molecule has 1 rings (SSSR count). The first-order valence-electron chi connectivity index (χ1n) is 7.94. The van der Waals surface area contributed by atoms with Gasteiger partial charge in [0, 0.05) is 66.3 Å². The number of carbonyl (C=O) groups is 2. The Bertz CT molecular complexity index is 333. The van der Waals surface area contributed by atoms with Gasteiger partial charge in [-0.05, 0) is 6.42 Å². The van der Waals surface area contributed by atoms with Crippen LogP contribution in [0.5, 0.6) is 0 Å². The van der Waals surface area contributed by atoms with Crippen LogP contribution in [0.2, 0.25) is 0 Å². The van der Waals surface area contributed by atoms with Crippen molar-refractivity contribution in [2.45, 2.75) is 19.8 Å². The summed E-state index contributed by atoms with van der Waals surface area (Å²) in [7, 11) is 1.64. The van der Waals surface area contributed by atoms with Gasteiger partial charge in [0.2, 0.25) is 11.8 Å². The van der Waals surface area contributed by atoms with E-state index in [2.05, 4.69) is 10.2 Å². The van der Waals surface area contributed by atoms with Gasteiger partial charge in [-0.2, -0.15) is 0 Å². The molecule has 0 aromatic carbocycles. The van der Waals surface area contributed by atoms with E-state index in [-0.39, 0.29) is 11.8 Å². The molecular weight excluding hydrogens is 286 g/mol. The largest absolute Gasteiger partial charge is 0.385 e. The third-order valence-electron chi connectivity index (χ3n) is 3.68. The molecule has 22 heavy (non-hydrogen) atoms. The number of morpholine rings is 1. The number of rotatable bonds is 10. The van der Waals surface area contributed by atoms with Crippen molar-refractivity contribution >= 4 is 11.8 Å². The third kappa shape index (κ3) is 8.31. The zero-order valence-corrected chi connectivity index (χ0v) is 13.8. The second kappa shape index (κ2) is 11.4. The molecule has 1 fully saturated rings. The summed E-state index contributed by atoms with van der Waals surface area (Å²) >= 11 is 0. The molecule has 0 bridgehead atoms. The van der Waals surface area contributed by atoms with Gasteiger partial charge in [0.05, 0.1) is 13.2 Å². The van der Waals surface area contributed by atoms with Crippen LogP contribution in [0, 0.1) is 0 Å². The molecule has 0 saturated carbocycles. The Labute approximate surface area is 132 Å². The first kappa shape index (κ1) is 18.9. The number of methoxy groups -OCH3 is 1. The minimum atomic E-state index is -0.00810. The van der Waals surface area contributed by atoms with Crippen LogP contribution in [0.25, 0.3) is 0 Å². The maximum atomic E-state index is 11.8. The van der Waals surface area contributed by atoms with Crippen molar-refractivity contribution in [2.24, 2.45) is 0 Å². The van der Waals surface area contributed by atoms with Crippen LogP contribution in [0.1, 0.15) is 19.8 Å².